The Morgan fingerprint density at radius 2 is 2.00 bits per heavy atom. The predicted molar refractivity (Wildman–Crippen MR) is 90.6 cm³/mol. The molecule has 0 spiro atoms. The van der Waals surface area contributed by atoms with Gasteiger partial charge < -0.3 is 9.64 Å². The summed E-state index contributed by atoms with van der Waals surface area (Å²) in [7, 11) is 0. The summed E-state index contributed by atoms with van der Waals surface area (Å²) in [6, 6.07) is 7.18. The highest BCUT2D eigenvalue weighted by Crippen LogP contribution is 2.26. The molecule has 1 unspecified atom stereocenters. The molecule has 1 aromatic carbocycles. The van der Waals surface area contributed by atoms with Gasteiger partial charge in [-0.25, -0.2) is 4.79 Å². The standard InChI is InChI=1S/C16H22N2O3S/c1-16(2,3)21-15(20)17-12-4-6-13(7-5-12)18-9-11(10-22)8-14(18)19/h4-7,11,22H,8-10H2,1-3H3,(H,17,20). The van der Waals surface area contributed by atoms with Crippen LogP contribution in [0.4, 0.5) is 16.2 Å². The fourth-order valence-corrected chi connectivity index (χ4v) is 2.54. The van der Waals surface area contributed by atoms with E-state index in [4.69, 9.17) is 4.74 Å². The molecule has 2 rings (SSSR count). The van der Waals surface area contributed by atoms with Crippen LogP contribution in [0.25, 0.3) is 0 Å². The van der Waals surface area contributed by atoms with E-state index in [0.717, 1.165) is 5.69 Å². The van der Waals surface area contributed by atoms with Gasteiger partial charge in [-0.1, -0.05) is 0 Å². The van der Waals surface area contributed by atoms with Crippen LogP contribution in [0.5, 0.6) is 0 Å². The molecule has 0 aromatic heterocycles. The molecule has 5 nitrogen and oxygen atoms in total. The summed E-state index contributed by atoms with van der Waals surface area (Å²) in [6.45, 7) is 6.13. The first-order valence-corrected chi connectivity index (χ1v) is 7.93. The van der Waals surface area contributed by atoms with Gasteiger partial charge in [-0.2, -0.15) is 12.6 Å². The van der Waals surface area contributed by atoms with Crippen LogP contribution in [0.3, 0.4) is 0 Å². The average molecular weight is 322 g/mol. The van der Waals surface area contributed by atoms with Gasteiger partial charge in [0.1, 0.15) is 5.60 Å². The van der Waals surface area contributed by atoms with Gasteiger partial charge in [0.15, 0.2) is 0 Å². The van der Waals surface area contributed by atoms with Crippen molar-refractivity contribution in [3.63, 3.8) is 0 Å². The number of ether oxygens (including phenoxy) is 1. The van der Waals surface area contributed by atoms with Crippen molar-refractivity contribution in [3.05, 3.63) is 24.3 Å². The van der Waals surface area contributed by atoms with Crippen LogP contribution in [0.2, 0.25) is 0 Å². The lowest BCUT2D eigenvalue weighted by Crippen LogP contribution is -2.27. The van der Waals surface area contributed by atoms with Crippen molar-refractivity contribution in [2.24, 2.45) is 5.92 Å². The fraction of sp³-hybridized carbons (Fsp3) is 0.500. The third-order valence-electron chi connectivity index (χ3n) is 3.29. The third-order valence-corrected chi connectivity index (χ3v) is 3.80. The van der Waals surface area contributed by atoms with Crippen molar-refractivity contribution in [1.29, 1.82) is 0 Å². The number of carbonyl (C=O) groups excluding carboxylic acids is 2. The summed E-state index contributed by atoms with van der Waals surface area (Å²) in [5.74, 6) is 1.13. The summed E-state index contributed by atoms with van der Waals surface area (Å²) in [5, 5.41) is 2.67. The zero-order valence-corrected chi connectivity index (χ0v) is 14.0. The maximum absolute atomic E-state index is 12.0. The smallest absolute Gasteiger partial charge is 0.412 e. The number of hydrogen-bond acceptors (Lipinski definition) is 4. The molecule has 1 aliphatic rings. The first-order chi connectivity index (χ1) is 10.3. The van der Waals surface area contributed by atoms with E-state index < -0.39 is 11.7 Å². The molecule has 1 N–H and O–H groups in total. The normalized spacial score (nSPS) is 18.5. The lowest BCUT2D eigenvalue weighted by Gasteiger charge is -2.20. The SMILES string of the molecule is CC(C)(C)OC(=O)Nc1ccc(N2CC(CS)CC2=O)cc1. The van der Waals surface area contributed by atoms with E-state index in [1.54, 1.807) is 17.0 Å². The molecule has 0 radical (unpaired) electrons. The monoisotopic (exact) mass is 322 g/mol. The molecule has 0 bridgehead atoms. The Kier molecular flexibility index (Phi) is 5.01. The van der Waals surface area contributed by atoms with Crippen molar-refractivity contribution in [3.8, 4) is 0 Å². The molecule has 1 fully saturated rings. The van der Waals surface area contributed by atoms with E-state index >= 15 is 0 Å². The lowest BCUT2D eigenvalue weighted by atomic mass is 10.1. The molecule has 0 saturated carbocycles. The zero-order chi connectivity index (χ0) is 16.3. The number of benzene rings is 1. The molecule has 2 amide bonds. The van der Waals surface area contributed by atoms with Crippen LogP contribution in [0.1, 0.15) is 27.2 Å². The maximum Gasteiger partial charge on any atom is 0.412 e. The number of amides is 2. The maximum atomic E-state index is 12.0. The van der Waals surface area contributed by atoms with Crippen molar-refractivity contribution < 1.29 is 14.3 Å². The summed E-state index contributed by atoms with van der Waals surface area (Å²) >= 11 is 4.26. The fourth-order valence-electron chi connectivity index (χ4n) is 2.30. The molecule has 1 saturated heterocycles. The van der Waals surface area contributed by atoms with E-state index in [1.807, 2.05) is 32.9 Å². The minimum absolute atomic E-state index is 0.118. The molecule has 1 aromatic rings. The summed E-state index contributed by atoms with van der Waals surface area (Å²) in [5.41, 5.74) is 0.938. The van der Waals surface area contributed by atoms with E-state index in [2.05, 4.69) is 17.9 Å². The minimum Gasteiger partial charge on any atom is -0.444 e. The number of rotatable bonds is 3. The van der Waals surface area contributed by atoms with Gasteiger partial charge in [0.05, 0.1) is 0 Å². The Morgan fingerprint density at radius 1 is 1.36 bits per heavy atom. The largest absolute Gasteiger partial charge is 0.444 e. The van der Waals surface area contributed by atoms with Crippen molar-refractivity contribution in [2.75, 3.05) is 22.5 Å². The summed E-state index contributed by atoms with van der Waals surface area (Å²) < 4.78 is 5.19. The van der Waals surface area contributed by atoms with Gasteiger partial charge in [-0.05, 0) is 56.7 Å². The topological polar surface area (TPSA) is 58.6 Å². The third kappa shape index (κ3) is 4.40. The van der Waals surface area contributed by atoms with Crippen molar-refractivity contribution in [2.45, 2.75) is 32.8 Å². The Balaban J connectivity index is 1.99. The summed E-state index contributed by atoms with van der Waals surface area (Å²) in [6.07, 6.45) is 0.0501. The second-order valence-electron chi connectivity index (χ2n) is 6.43. The Bertz CT molecular complexity index is 552. The van der Waals surface area contributed by atoms with Crippen LogP contribution in [-0.2, 0) is 9.53 Å². The van der Waals surface area contributed by atoms with Gasteiger partial charge >= 0.3 is 6.09 Å². The number of thiol groups is 1. The highest BCUT2D eigenvalue weighted by atomic mass is 32.1. The molecule has 1 aliphatic heterocycles. The van der Waals surface area contributed by atoms with E-state index in [9.17, 15) is 9.59 Å². The molecular formula is C16H22N2O3S. The van der Waals surface area contributed by atoms with Gasteiger partial charge in [0, 0.05) is 24.3 Å². The van der Waals surface area contributed by atoms with Crippen LogP contribution in [-0.4, -0.2) is 29.9 Å². The predicted octanol–water partition coefficient (Wildman–Crippen LogP) is 3.32. The van der Waals surface area contributed by atoms with Crippen LogP contribution < -0.4 is 10.2 Å². The number of anilines is 2. The molecule has 1 heterocycles. The van der Waals surface area contributed by atoms with Gasteiger partial charge in [-0.15, -0.1) is 0 Å². The van der Waals surface area contributed by atoms with Crippen LogP contribution >= 0.6 is 12.6 Å². The molecule has 1 atom stereocenters. The van der Waals surface area contributed by atoms with Crippen molar-refractivity contribution >= 4 is 36.0 Å². The van der Waals surface area contributed by atoms with Gasteiger partial charge in [0.25, 0.3) is 0 Å². The highest BCUT2D eigenvalue weighted by molar-refractivity contribution is 7.80. The second-order valence-corrected chi connectivity index (χ2v) is 6.80. The average Bonchev–Trinajstić information content (AvgIpc) is 2.79. The second kappa shape index (κ2) is 6.60. The quantitative estimate of drug-likeness (QED) is 0.839. The number of hydrogen-bond donors (Lipinski definition) is 2. The Hall–Kier alpha value is -1.69. The molecule has 120 valence electrons. The van der Waals surface area contributed by atoms with Gasteiger partial charge in [0.2, 0.25) is 5.91 Å². The number of carbonyl (C=O) groups is 2. The van der Waals surface area contributed by atoms with E-state index in [1.165, 1.54) is 0 Å². The van der Waals surface area contributed by atoms with Crippen molar-refractivity contribution in [1.82, 2.24) is 0 Å². The lowest BCUT2D eigenvalue weighted by molar-refractivity contribution is -0.117. The molecule has 0 aliphatic carbocycles. The molecule has 6 heteroatoms. The minimum atomic E-state index is -0.534. The first-order valence-electron chi connectivity index (χ1n) is 7.30. The van der Waals surface area contributed by atoms with Crippen LogP contribution in [0, 0.1) is 5.92 Å². The zero-order valence-electron chi connectivity index (χ0n) is 13.1. The van der Waals surface area contributed by atoms with E-state index in [0.29, 0.717) is 30.3 Å². The Labute approximate surface area is 136 Å². The Morgan fingerprint density at radius 3 is 2.50 bits per heavy atom. The molecular weight excluding hydrogens is 300 g/mol. The number of nitrogens with zero attached hydrogens (tertiary/aromatic N) is 1. The van der Waals surface area contributed by atoms with E-state index in [-0.39, 0.29) is 5.91 Å². The summed E-state index contributed by atoms with van der Waals surface area (Å²) in [4.78, 5) is 25.4. The highest BCUT2D eigenvalue weighted by Gasteiger charge is 2.29. The number of nitrogens with one attached hydrogen (secondary N) is 1. The van der Waals surface area contributed by atoms with Gasteiger partial charge in [-0.3, -0.25) is 10.1 Å². The molecule has 22 heavy (non-hydrogen) atoms. The van der Waals surface area contributed by atoms with Crippen LogP contribution in [0.15, 0.2) is 24.3 Å². The first kappa shape index (κ1) is 16.7.